The lowest BCUT2D eigenvalue weighted by molar-refractivity contribution is 0.728. The summed E-state index contributed by atoms with van der Waals surface area (Å²) in [6.45, 7) is 2.99. The zero-order valence-corrected chi connectivity index (χ0v) is 10.2. The van der Waals surface area contributed by atoms with E-state index < -0.39 is 0 Å². The molecule has 2 rings (SSSR count). The van der Waals surface area contributed by atoms with Crippen molar-refractivity contribution in [2.45, 2.75) is 26.3 Å². The van der Waals surface area contributed by atoms with Gasteiger partial charge in [0, 0.05) is 18.3 Å². The molecule has 5 nitrogen and oxygen atoms in total. The van der Waals surface area contributed by atoms with Crippen LogP contribution in [0.15, 0.2) is 24.5 Å². The Kier molecular flexibility index (Phi) is 3.82. The molecule has 2 aromatic heterocycles. The number of hydrogen-bond acceptors (Lipinski definition) is 4. The highest BCUT2D eigenvalue weighted by Crippen LogP contribution is 2.14. The number of nitrogens with one attached hydrogen (secondary N) is 1. The minimum Gasteiger partial charge on any atom is -0.316 e. The maximum Gasteiger partial charge on any atom is 0.175 e. The Morgan fingerprint density at radius 3 is 2.94 bits per heavy atom. The molecule has 0 bridgehead atoms. The van der Waals surface area contributed by atoms with E-state index in [9.17, 15) is 0 Å². The van der Waals surface area contributed by atoms with Crippen molar-refractivity contribution in [1.29, 1.82) is 0 Å². The van der Waals surface area contributed by atoms with E-state index in [1.165, 1.54) is 11.3 Å². The van der Waals surface area contributed by atoms with Gasteiger partial charge in [-0.2, -0.15) is 10.2 Å². The van der Waals surface area contributed by atoms with Crippen LogP contribution < -0.4 is 5.32 Å². The van der Waals surface area contributed by atoms with Crippen LogP contribution in [-0.2, 0) is 13.0 Å². The third-order valence-electron chi connectivity index (χ3n) is 2.58. The summed E-state index contributed by atoms with van der Waals surface area (Å²) in [7, 11) is 1.94. The van der Waals surface area contributed by atoms with Crippen molar-refractivity contribution >= 4 is 0 Å². The number of nitrogens with zero attached hydrogens (tertiary/aromatic N) is 4. The van der Waals surface area contributed by atoms with Crippen molar-refractivity contribution in [1.82, 2.24) is 25.3 Å². The Hall–Kier alpha value is -1.75. The van der Waals surface area contributed by atoms with Gasteiger partial charge in [-0.15, -0.1) is 5.10 Å². The monoisotopic (exact) mass is 231 g/mol. The van der Waals surface area contributed by atoms with Gasteiger partial charge in [-0.3, -0.25) is 0 Å². The second-order valence-corrected chi connectivity index (χ2v) is 3.89. The molecule has 0 unspecified atom stereocenters. The summed E-state index contributed by atoms with van der Waals surface area (Å²) in [5.41, 5.74) is 2.43. The molecule has 0 amide bonds. The molecule has 5 heteroatoms. The Balaban J connectivity index is 2.40. The first-order chi connectivity index (χ1) is 8.36. The van der Waals surface area contributed by atoms with Gasteiger partial charge in [0.15, 0.2) is 5.82 Å². The van der Waals surface area contributed by atoms with E-state index in [2.05, 4.69) is 27.5 Å². The van der Waals surface area contributed by atoms with Gasteiger partial charge in [0.05, 0.1) is 11.9 Å². The van der Waals surface area contributed by atoms with Crippen LogP contribution in [0.1, 0.15) is 24.6 Å². The Morgan fingerprint density at radius 1 is 1.41 bits per heavy atom. The van der Waals surface area contributed by atoms with Gasteiger partial charge >= 0.3 is 0 Å². The minimum atomic E-state index is 0.776. The van der Waals surface area contributed by atoms with E-state index >= 15 is 0 Å². The van der Waals surface area contributed by atoms with Crippen LogP contribution in [-0.4, -0.2) is 27.0 Å². The molecule has 0 saturated carbocycles. The highest BCUT2D eigenvalue weighted by Gasteiger charge is 2.11. The quantitative estimate of drug-likeness (QED) is 0.843. The maximum atomic E-state index is 4.40. The molecule has 17 heavy (non-hydrogen) atoms. The maximum absolute atomic E-state index is 4.40. The third-order valence-corrected chi connectivity index (χ3v) is 2.58. The first-order valence-corrected chi connectivity index (χ1v) is 5.85. The van der Waals surface area contributed by atoms with Gasteiger partial charge in [0.25, 0.3) is 0 Å². The fourth-order valence-electron chi connectivity index (χ4n) is 1.85. The molecule has 2 aromatic rings. The van der Waals surface area contributed by atoms with E-state index in [1.807, 2.05) is 30.1 Å². The first kappa shape index (κ1) is 11.7. The highest BCUT2D eigenvalue weighted by atomic mass is 15.3. The smallest absolute Gasteiger partial charge is 0.175 e. The molecule has 0 aliphatic carbocycles. The summed E-state index contributed by atoms with van der Waals surface area (Å²) in [4.78, 5) is 0. The lowest BCUT2D eigenvalue weighted by Gasteiger charge is -2.07. The van der Waals surface area contributed by atoms with Gasteiger partial charge < -0.3 is 5.32 Å². The van der Waals surface area contributed by atoms with Crippen molar-refractivity contribution in [3.8, 4) is 5.82 Å². The lowest BCUT2D eigenvalue weighted by atomic mass is 10.1. The normalized spacial score (nSPS) is 10.7. The molecule has 0 fully saturated rings. The minimum absolute atomic E-state index is 0.776. The predicted octanol–water partition coefficient (Wildman–Crippen LogP) is 1.33. The van der Waals surface area contributed by atoms with Crippen LogP contribution in [0.4, 0.5) is 0 Å². The summed E-state index contributed by atoms with van der Waals surface area (Å²) in [5.74, 6) is 0.776. The van der Waals surface area contributed by atoms with Gasteiger partial charge in [-0.05, 0) is 25.6 Å². The average Bonchev–Trinajstić information content (AvgIpc) is 2.75. The zero-order valence-electron chi connectivity index (χ0n) is 10.2. The van der Waals surface area contributed by atoms with Crippen LogP contribution in [0.2, 0.25) is 0 Å². The third kappa shape index (κ3) is 2.50. The SMILES string of the molecule is CCCc1c(CNC)cnn1-c1cccnn1. The molecule has 0 aliphatic rings. The summed E-state index contributed by atoms with van der Waals surface area (Å²) in [6.07, 6.45) is 5.65. The Bertz CT molecular complexity index is 463. The zero-order chi connectivity index (χ0) is 12.1. The molecule has 0 aromatic carbocycles. The largest absolute Gasteiger partial charge is 0.316 e. The van der Waals surface area contributed by atoms with Crippen molar-refractivity contribution in [2.24, 2.45) is 0 Å². The van der Waals surface area contributed by atoms with E-state index in [0.29, 0.717) is 0 Å². The van der Waals surface area contributed by atoms with E-state index in [-0.39, 0.29) is 0 Å². The molecule has 0 aliphatic heterocycles. The topological polar surface area (TPSA) is 55.6 Å². The van der Waals surface area contributed by atoms with Crippen LogP contribution >= 0.6 is 0 Å². The second kappa shape index (κ2) is 5.54. The molecular weight excluding hydrogens is 214 g/mol. The summed E-state index contributed by atoms with van der Waals surface area (Å²) in [6, 6.07) is 3.79. The second-order valence-electron chi connectivity index (χ2n) is 3.89. The number of rotatable bonds is 5. The predicted molar refractivity (Wildman–Crippen MR) is 65.9 cm³/mol. The van der Waals surface area contributed by atoms with Crippen molar-refractivity contribution in [3.05, 3.63) is 35.8 Å². The Labute approximate surface area is 101 Å². The van der Waals surface area contributed by atoms with Crippen LogP contribution in [0.5, 0.6) is 0 Å². The Morgan fingerprint density at radius 2 is 2.29 bits per heavy atom. The lowest BCUT2D eigenvalue weighted by Crippen LogP contribution is -2.10. The van der Waals surface area contributed by atoms with Gasteiger partial charge in [-0.1, -0.05) is 13.3 Å². The van der Waals surface area contributed by atoms with Crippen molar-refractivity contribution < 1.29 is 0 Å². The molecule has 2 heterocycles. The van der Waals surface area contributed by atoms with E-state index in [0.717, 1.165) is 25.2 Å². The highest BCUT2D eigenvalue weighted by molar-refractivity contribution is 5.28. The van der Waals surface area contributed by atoms with Crippen LogP contribution in [0.3, 0.4) is 0 Å². The standard InChI is InChI=1S/C12H17N5/c1-3-5-11-10(8-13-2)9-15-17(11)12-6-4-7-14-16-12/h4,6-7,9,13H,3,5,8H2,1-2H3. The number of hydrogen-bond donors (Lipinski definition) is 1. The fourth-order valence-corrected chi connectivity index (χ4v) is 1.85. The molecule has 0 saturated heterocycles. The van der Waals surface area contributed by atoms with E-state index in [4.69, 9.17) is 0 Å². The van der Waals surface area contributed by atoms with Crippen LogP contribution in [0.25, 0.3) is 5.82 Å². The van der Waals surface area contributed by atoms with Gasteiger partial charge in [-0.25, -0.2) is 4.68 Å². The molecule has 0 spiro atoms. The van der Waals surface area contributed by atoms with Crippen LogP contribution in [0, 0.1) is 0 Å². The van der Waals surface area contributed by atoms with E-state index in [1.54, 1.807) is 6.20 Å². The molecule has 1 N–H and O–H groups in total. The average molecular weight is 231 g/mol. The molecule has 0 atom stereocenters. The first-order valence-electron chi connectivity index (χ1n) is 5.85. The molecule has 0 radical (unpaired) electrons. The summed E-state index contributed by atoms with van der Waals surface area (Å²) in [5, 5.41) is 15.5. The molecule has 90 valence electrons. The van der Waals surface area contributed by atoms with Gasteiger partial charge in [0.1, 0.15) is 0 Å². The summed E-state index contributed by atoms with van der Waals surface area (Å²) < 4.78 is 1.88. The molecular formula is C12H17N5. The fraction of sp³-hybridized carbons (Fsp3) is 0.417. The number of aromatic nitrogens is 4. The van der Waals surface area contributed by atoms with Gasteiger partial charge in [0.2, 0.25) is 0 Å². The summed E-state index contributed by atoms with van der Waals surface area (Å²) >= 11 is 0. The van der Waals surface area contributed by atoms with Crippen molar-refractivity contribution in [3.63, 3.8) is 0 Å². The van der Waals surface area contributed by atoms with Crippen molar-refractivity contribution in [2.75, 3.05) is 7.05 Å².